The number of rotatable bonds is 2. The van der Waals surface area contributed by atoms with Gasteiger partial charge in [0.15, 0.2) is 0 Å². The van der Waals surface area contributed by atoms with Gasteiger partial charge in [-0.05, 0) is 0 Å². The molecule has 0 aliphatic rings. The third-order valence-electron chi connectivity index (χ3n) is 0.600. The van der Waals surface area contributed by atoms with E-state index in [2.05, 4.69) is 9.72 Å². The van der Waals surface area contributed by atoms with Crippen LogP contribution >= 0.6 is 11.3 Å². The smallest absolute Gasteiger partial charge is 0.389 e. The molecule has 0 saturated carbocycles. The Labute approximate surface area is 54.1 Å². The van der Waals surface area contributed by atoms with Gasteiger partial charge < -0.3 is 4.74 Å². The summed E-state index contributed by atoms with van der Waals surface area (Å²) in [6, 6.07) is 0. The Hall–Kier alpha value is -0.710. The van der Waals surface area contributed by atoms with Crippen molar-refractivity contribution in [1.82, 2.24) is 4.98 Å². The molecule has 0 aliphatic heterocycles. The number of ether oxygens (including phenoxy) is 1. The Bertz CT molecular complexity index is 165. The number of hydrogen-bond donors (Lipinski definition) is 0. The monoisotopic (exact) mass is 151 g/mol. The Morgan fingerprint density at radius 2 is 2.44 bits per heavy atom. The molecule has 5 heteroatoms. The van der Waals surface area contributed by atoms with E-state index in [9.17, 15) is 8.78 Å². The lowest BCUT2D eigenvalue weighted by Crippen LogP contribution is -2.00. The van der Waals surface area contributed by atoms with Gasteiger partial charge in [-0.3, -0.25) is 0 Å². The summed E-state index contributed by atoms with van der Waals surface area (Å²) in [6.07, 6.45) is 1.41. The normalized spacial score (nSPS) is 10.1. The first-order valence-corrected chi connectivity index (χ1v) is 3.01. The van der Waals surface area contributed by atoms with E-state index < -0.39 is 6.61 Å². The van der Waals surface area contributed by atoms with E-state index in [1.54, 1.807) is 5.38 Å². The van der Waals surface area contributed by atoms with Gasteiger partial charge in [-0.2, -0.15) is 8.78 Å². The molecule has 0 aliphatic carbocycles. The standard InChI is InChI=1S/C4H3F2NOS/c5-3(6)8-4-7-1-2-9-4/h1-3H. The maximum absolute atomic E-state index is 11.3. The van der Waals surface area contributed by atoms with Gasteiger partial charge in [-0.15, -0.1) is 0 Å². The molecule has 0 N–H and O–H groups in total. The lowest BCUT2D eigenvalue weighted by atomic mass is 11.0. The van der Waals surface area contributed by atoms with Crippen LogP contribution in [0.25, 0.3) is 0 Å². The lowest BCUT2D eigenvalue weighted by molar-refractivity contribution is -0.0499. The zero-order valence-electron chi connectivity index (χ0n) is 4.25. The molecule has 0 atom stereocenters. The first-order chi connectivity index (χ1) is 4.29. The highest BCUT2D eigenvalue weighted by atomic mass is 32.1. The van der Waals surface area contributed by atoms with Gasteiger partial charge >= 0.3 is 6.61 Å². The third kappa shape index (κ3) is 1.93. The molecule has 9 heavy (non-hydrogen) atoms. The molecule has 2 nitrogen and oxygen atoms in total. The van der Waals surface area contributed by atoms with Gasteiger partial charge in [0, 0.05) is 11.6 Å². The summed E-state index contributed by atoms with van der Waals surface area (Å²) < 4.78 is 26.6. The molecular weight excluding hydrogens is 148 g/mol. The Balaban J connectivity index is 2.48. The van der Waals surface area contributed by atoms with Crippen LogP contribution < -0.4 is 4.74 Å². The number of alkyl halides is 2. The Kier molecular flexibility index (Phi) is 1.94. The van der Waals surface area contributed by atoms with E-state index in [0.29, 0.717) is 0 Å². The van der Waals surface area contributed by atoms with E-state index in [4.69, 9.17) is 0 Å². The second-order valence-electron chi connectivity index (χ2n) is 1.18. The van der Waals surface area contributed by atoms with Crippen LogP contribution in [0.4, 0.5) is 8.78 Å². The summed E-state index contributed by atoms with van der Waals surface area (Å²) in [4.78, 5) is 3.47. The highest BCUT2D eigenvalue weighted by molar-refractivity contribution is 7.11. The molecule has 0 bridgehead atoms. The molecule has 1 aromatic rings. The molecule has 0 unspecified atom stereocenters. The van der Waals surface area contributed by atoms with Crippen LogP contribution in [0.3, 0.4) is 0 Å². The summed E-state index contributed by atoms with van der Waals surface area (Å²) in [5.41, 5.74) is 0. The third-order valence-corrected chi connectivity index (χ3v) is 1.26. The fourth-order valence-electron chi connectivity index (χ4n) is 0.345. The summed E-state index contributed by atoms with van der Waals surface area (Å²) in [5.74, 6) is 0. The van der Waals surface area contributed by atoms with Crippen molar-refractivity contribution in [2.75, 3.05) is 0 Å². The maximum Gasteiger partial charge on any atom is 0.389 e. The summed E-state index contributed by atoms with van der Waals surface area (Å²) in [7, 11) is 0. The van der Waals surface area contributed by atoms with E-state index in [1.807, 2.05) is 0 Å². The number of thiazole rings is 1. The summed E-state index contributed by atoms with van der Waals surface area (Å²) >= 11 is 1.04. The van der Waals surface area contributed by atoms with Gasteiger partial charge in [0.2, 0.25) is 0 Å². The average Bonchev–Trinajstić information content (AvgIpc) is 2.15. The minimum Gasteiger partial charge on any atom is -0.408 e. The van der Waals surface area contributed by atoms with Crippen LogP contribution in [0, 0.1) is 0 Å². The van der Waals surface area contributed by atoms with Crippen LogP contribution in [0.1, 0.15) is 0 Å². The fourth-order valence-corrected chi connectivity index (χ4v) is 0.833. The molecule has 0 radical (unpaired) electrons. The topological polar surface area (TPSA) is 22.1 Å². The molecule has 1 heterocycles. The van der Waals surface area contributed by atoms with Gasteiger partial charge in [0.05, 0.1) is 0 Å². The minimum atomic E-state index is -2.77. The van der Waals surface area contributed by atoms with Crippen LogP contribution in [0.15, 0.2) is 11.6 Å². The van der Waals surface area contributed by atoms with Crippen molar-refractivity contribution in [3.63, 3.8) is 0 Å². The van der Waals surface area contributed by atoms with Crippen molar-refractivity contribution in [2.45, 2.75) is 6.61 Å². The first-order valence-electron chi connectivity index (χ1n) is 2.13. The summed E-state index contributed by atoms with van der Waals surface area (Å²) in [6.45, 7) is -2.77. The van der Waals surface area contributed by atoms with Gasteiger partial charge in [-0.1, -0.05) is 11.3 Å². The average molecular weight is 151 g/mol. The quantitative estimate of drug-likeness (QED) is 0.642. The highest BCUT2D eigenvalue weighted by Gasteiger charge is 2.04. The van der Waals surface area contributed by atoms with E-state index in [1.165, 1.54) is 6.20 Å². The van der Waals surface area contributed by atoms with Crippen LogP contribution in [0.5, 0.6) is 5.19 Å². The number of nitrogens with zero attached hydrogens (tertiary/aromatic N) is 1. The minimum absolute atomic E-state index is 0.00463. The number of halogens is 2. The number of aromatic nitrogens is 1. The van der Waals surface area contributed by atoms with Crippen LogP contribution in [-0.2, 0) is 0 Å². The van der Waals surface area contributed by atoms with Gasteiger partial charge in [0.25, 0.3) is 5.19 Å². The lowest BCUT2D eigenvalue weighted by Gasteiger charge is -1.95. The molecule has 1 aromatic heterocycles. The molecule has 0 aromatic carbocycles. The van der Waals surface area contributed by atoms with Crippen molar-refractivity contribution in [3.05, 3.63) is 11.6 Å². The Morgan fingerprint density at radius 3 is 2.89 bits per heavy atom. The van der Waals surface area contributed by atoms with Crippen LogP contribution in [-0.4, -0.2) is 11.6 Å². The van der Waals surface area contributed by atoms with Crippen molar-refractivity contribution in [1.29, 1.82) is 0 Å². The largest absolute Gasteiger partial charge is 0.408 e. The molecule has 50 valence electrons. The van der Waals surface area contributed by atoms with E-state index >= 15 is 0 Å². The molecule has 0 fully saturated rings. The molecule has 0 spiro atoms. The van der Waals surface area contributed by atoms with Crippen molar-refractivity contribution in [3.8, 4) is 5.19 Å². The van der Waals surface area contributed by atoms with Crippen molar-refractivity contribution < 1.29 is 13.5 Å². The van der Waals surface area contributed by atoms with E-state index in [0.717, 1.165) is 11.3 Å². The van der Waals surface area contributed by atoms with Gasteiger partial charge in [-0.25, -0.2) is 4.98 Å². The highest BCUT2D eigenvalue weighted by Crippen LogP contribution is 2.15. The molecule has 0 saturated heterocycles. The van der Waals surface area contributed by atoms with Crippen molar-refractivity contribution in [2.24, 2.45) is 0 Å². The predicted molar refractivity (Wildman–Crippen MR) is 28.7 cm³/mol. The second-order valence-corrected chi connectivity index (χ2v) is 2.03. The zero-order valence-corrected chi connectivity index (χ0v) is 5.07. The Morgan fingerprint density at radius 1 is 1.67 bits per heavy atom. The molecular formula is C4H3F2NOS. The maximum atomic E-state index is 11.3. The molecule has 1 rings (SSSR count). The van der Waals surface area contributed by atoms with Crippen molar-refractivity contribution >= 4 is 11.3 Å². The van der Waals surface area contributed by atoms with E-state index in [-0.39, 0.29) is 5.19 Å². The summed E-state index contributed by atoms with van der Waals surface area (Å²) in [5, 5.41) is 1.57. The second kappa shape index (κ2) is 2.72. The number of hydrogen-bond acceptors (Lipinski definition) is 3. The fraction of sp³-hybridized carbons (Fsp3) is 0.250. The first kappa shape index (κ1) is 6.41. The predicted octanol–water partition coefficient (Wildman–Crippen LogP) is 1.74. The zero-order chi connectivity index (χ0) is 6.69. The van der Waals surface area contributed by atoms with Gasteiger partial charge in [0.1, 0.15) is 0 Å². The molecule has 0 amide bonds. The van der Waals surface area contributed by atoms with Crippen LogP contribution in [0.2, 0.25) is 0 Å². The SMILES string of the molecule is FC(F)Oc1nccs1.